The number of hydrogen-bond donors (Lipinski definition) is 0. The average Bonchev–Trinajstić information content (AvgIpc) is 2.03. The Kier molecular flexibility index (Phi) is 2.88. The Hall–Kier alpha value is -0.810. The molecule has 1 rings (SSSR count). The maximum atomic E-state index is 8.72. The third-order valence-electron chi connectivity index (χ3n) is 1.89. The molecule has 0 bridgehead atoms. The van der Waals surface area contributed by atoms with Crippen molar-refractivity contribution < 1.29 is 0 Å². The van der Waals surface area contributed by atoms with E-state index in [0.717, 1.165) is 10.0 Å². The number of nitriles is 1. The lowest BCUT2D eigenvalue weighted by molar-refractivity contribution is 0.965. The molecular weight excluding hydrogens is 214 g/mol. The number of hydrogen-bond acceptors (Lipinski definition) is 1. The predicted octanol–water partition coefficient (Wildman–Crippen LogP) is 3.38. The lowest BCUT2D eigenvalue weighted by Crippen LogP contribution is -1.92. The highest BCUT2D eigenvalue weighted by Gasteiger charge is 2.06. The summed E-state index contributed by atoms with van der Waals surface area (Å²) in [5.41, 5.74) is 2.28. The molecule has 0 fully saturated rings. The topological polar surface area (TPSA) is 23.8 Å². The van der Waals surface area contributed by atoms with Crippen molar-refractivity contribution in [1.29, 1.82) is 5.26 Å². The standard InChI is InChI=1S/C10H10BrN/c1-7-5-9(11)3-4-10(7)8(2)6-12/h3-5,8H,1-2H3. The van der Waals surface area contributed by atoms with Crippen LogP contribution in [0.25, 0.3) is 0 Å². The van der Waals surface area contributed by atoms with Gasteiger partial charge < -0.3 is 0 Å². The van der Waals surface area contributed by atoms with Gasteiger partial charge in [0.1, 0.15) is 0 Å². The van der Waals surface area contributed by atoms with Crippen LogP contribution in [-0.4, -0.2) is 0 Å². The summed E-state index contributed by atoms with van der Waals surface area (Å²) in [5.74, 6) is -0.0156. The fraction of sp³-hybridized carbons (Fsp3) is 0.300. The van der Waals surface area contributed by atoms with E-state index in [2.05, 4.69) is 22.0 Å². The minimum Gasteiger partial charge on any atom is -0.198 e. The molecule has 1 aromatic rings. The SMILES string of the molecule is Cc1cc(Br)ccc1C(C)C#N. The predicted molar refractivity (Wildman–Crippen MR) is 52.9 cm³/mol. The minimum absolute atomic E-state index is 0.0156. The maximum absolute atomic E-state index is 8.72. The Morgan fingerprint density at radius 1 is 1.50 bits per heavy atom. The van der Waals surface area contributed by atoms with E-state index in [1.165, 1.54) is 5.56 Å². The van der Waals surface area contributed by atoms with Crippen LogP contribution in [0.1, 0.15) is 24.0 Å². The summed E-state index contributed by atoms with van der Waals surface area (Å²) in [6.45, 7) is 3.93. The lowest BCUT2D eigenvalue weighted by Gasteiger charge is -2.06. The van der Waals surface area contributed by atoms with E-state index >= 15 is 0 Å². The van der Waals surface area contributed by atoms with Crippen LogP contribution in [-0.2, 0) is 0 Å². The summed E-state index contributed by atoms with van der Waals surface area (Å²) >= 11 is 3.38. The van der Waals surface area contributed by atoms with E-state index in [-0.39, 0.29) is 5.92 Å². The highest BCUT2D eigenvalue weighted by Crippen LogP contribution is 2.22. The Bertz CT molecular complexity index is 325. The molecule has 1 nitrogen and oxygen atoms in total. The van der Waals surface area contributed by atoms with Crippen LogP contribution >= 0.6 is 15.9 Å². The van der Waals surface area contributed by atoms with Gasteiger partial charge in [0, 0.05) is 4.47 Å². The molecule has 0 N–H and O–H groups in total. The van der Waals surface area contributed by atoms with Gasteiger partial charge in [0.2, 0.25) is 0 Å². The number of rotatable bonds is 1. The van der Waals surface area contributed by atoms with Crippen molar-refractivity contribution in [3.63, 3.8) is 0 Å². The van der Waals surface area contributed by atoms with E-state index in [4.69, 9.17) is 5.26 Å². The first-order valence-electron chi connectivity index (χ1n) is 3.81. The van der Waals surface area contributed by atoms with E-state index in [1.54, 1.807) is 0 Å². The molecule has 1 unspecified atom stereocenters. The average molecular weight is 224 g/mol. The molecule has 0 saturated carbocycles. The number of benzene rings is 1. The first-order valence-corrected chi connectivity index (χ1v) is 4.60. The molecule has 0 aliphatic heterocycles. The quantitative estimate of drug-likeness (QED) is 0.717. The van der Waals surface area contributed by atoms with Crippen molar-refractivity contribution >= 4 is 15.9 Å². The zero-order valence-corrected chi connectivity index (χ0v) is 8.72. The van der Waals surface area contributed by atoms with Crippen LogP contribution in [0.15, 0.2) is 22.7 Å². The lowest BCUT2D eigenvalue weighted by atomic mass is 9.98. The third-order valence-corrected chi connectivity index (χ3v) is 2.39. The minimum atomic E-state index is -0.0156. The maximum Gasteiger partial charge on any atom is 0.0700 e. The van der Waals surface area contributed by atoms with Crippen LogP contribution in [0, 0.1) is 18.3 Å². The number of nitrogens with zero attached hydrogens (tertiary/aromatic N) is 1. The van der Waals surface area contributed by atoms with E-state index in [9.17, 15) is 0 Å². The van der Waals surface area contributed by atoms with Crippen molar-refractivity contribution in [2.24, 2.45) is 0 Å². The Morgan fingerprint density at radius 3 is 2.67 bits per heavy atom. The molecule has 1 aromatic carbocycles. The van der Waals surface area contributed by atoms with Crippen molar-refractivity contribution in [2.75, 3.05) is 0 Å². The summed E-state index contributed by atoms with van der Waals surface area (Å²) < 4.78 is 1.06. The van der Waals surface area contributed by atoms with Crippen LogP contribution in [0.4, 0.5) is 0 Å². The first kappa shape index (κ1) is 9.28. The zero-order chi connectivity index (χ0) is 9.14. The summed E-state index contributed by atoms with van der Waals surface area (Å²) in [7, 11) is 0. The number of aryl methyl sites for hydroxylation is 1. The smallest absolute Gasteiger partial charge is 0.0700 e. The molecule has 12 heavy (non-hydrogen) atoms. The van der Waals surface area contributed by atoms with E-state index in [1.807, 2.05) is 32.0 Å². The van der Waals surface area contributed by atoms with Crippen LogP contribution < -0.4 is 0 Å². The molecule has 0 aliphatic carbocycles. The second-order valence-electron chi connectivity index (χ2n) is 2.85. The van der Waals surface area contributed by atoms with Crippen LogP contribution in [0.5, 0.6) is 0 Å². The highest BCUT2D eigenvalue weighted by atomic mass is 79.9. The van der Waals surface area contributed by atoms with Gasteiger partial charge in [-0.2, -0.15) is 5.26 Å². The zero-order valence-electron chi connectivity index (χ0n) is 7.13. The van der Waals surface area contributed by atoms with Gasteiger partial charge in [-0.25, -0.2) is 0 Å². The van der Waals surface area contributed by atoms with Gasteiger partial charge in [-0.3, -0.25) is 0 Å². The van der Waals surface area contributed by atoms with Gasteiger partial charge in [0.15, 0.2) is 0 Å². The normalized spacial score (nSPS) is 12.2. The van der Waals surface area contributed by atoms with Gasteiger partial charge in [-0.15, -0.1) is 0 Å². The van der Waals surface area contributed by atoms with Gasteiger partial charge in [-0.05, 0) is 37.1 Å². The molecule has 0 amide bonds. The third kappa shape index (κ3) is 1.86. The molecule has 0 spiro atoms. The molecule has 0 aromatic heterocycles. The van der Waals surface area contributed by atoms with Crippen molar-refractivity contribution in [1.82, 2.24) is 0 Å². The summed E-state index contributed by atoms with van der Waals surface area (Å²) in [6, 6.07) is 8.22. The van der Waals surface area contributed by atoms with Gasteiger partial charge in [0.25, 0.3) is 0 Å². The number of halogens is 1. The molecule has 0 aliphatic rings. The summed E-state index contributed by atoms with van der Waals surface area (Å²) in [5, 5.41) is 8.72. The van der Waals surface area contributed by atoms with Crippen molar-refractivity contribution in [3.8, 4) is 6.07 Å². The van der Waals surface area contributed by atoms with Crippen LogP contribution in [0.3, 0.4) is 0 Å². The fourth-order valence-electron chi connectivity index (χ4n) is 1.19. The Labute approximate surface area is 81.2 Å². The van der Waals surface area contributed by atoms with Gasteiger partial charge >= 0.3 is 0 Å². The van der Waals surface area contributed by atoms with Crippen LogP contribution in [0.2, 0.25) is 0 Å². The molecule has 0 saturated heterocycles. The highest BCUT2D eigenvalue weighted by molar-refractivity contribution is 9.10. The fourth-order valence-corrected chi connectivity index (χ4v) is 1.67. The van der Waals surface area contributed by atoms with E-state index < -0.39 is 0 Å². The first-order chi connectivity index (χ1) is 5.65. The molecular formula is C10H10BrN. The molecule has 62 valence electrons. The molecule has 2 heteroatoms. The largest absolute Gasteiger partial charge is 0.198 e. The van der Waals surface area contributed by atoms with Gasteiger partial charge in [0.05, 0.1) is 12.0 Å². The second kappa shape index (κ2) is 3.73. The summed E-state index contributed by atoms with van der Waals surface area (Å²) in [4.78, 5) is 0. The van der Waals surface area contributed by atoms with Crippen molar-refractivity contribution in [2.45, 2.75) is 19.8 Å². The monoisotopic (exact) mass is 223 g/mol. The molecule has 1 atom stereocenters. The van der Waals surface area contributed by atoms with Crippen molar-refractivity contribution in [3.05, 3.63) is 33.8 Å². The second-order valence-corrected chi connectivity index (χ2v) is 3.77. The summed E-state index contributed by atoms with van der Waals surface area (Å²) in [6.07, 6.45) is 0. The van der Waals surface area contributed by atoms with Gasteiger partial charge in [-0.1, -0.05) is 22.0 Å². The Morgan fingerprint density at radius 2 is 2.17 bits per heavy atom. The molecule has 0 heterocycles. The Balaban J connectivity index is 3.11. The molecule has 0 radical (unpaired) electrons. The van der Waals surface area contributed by atoms with E-state index in [0.29, 0.717) is 0 Å².